The molecule has 0 spiro atoms. The summed E-state index contributed by atoms with van der Waals surface area (Å²) < 4.78 is 6.03. The number of aliphatic carboxylic acids is 1. The van der Waals surface area contributed by atoms with E-state index in [2.05, 4.69) is 38.2 Å². The molecule has 0 aromatic rings. The predicted octanol–water partition coefficient (Wildman–Crippen LogP) is 15.6. The zero-order chi connectivity index (χ0) is 36.4. The van der Waals surface area contributed by atoms with Crippen LogP contribution in [0, 0.1) is 0 Å². The largest absolute Gasteiger partial charge is 0.481 e. The summed E-state index contributed by atoms with van der Waals surface area (Å²) >= 11 is 0. The van der Waals surface area contributed by atoms with Crippen LogP contribution in [0.15, 0.2) is 24.3 Å². The molecular weight excluding hydrogens is 617 g/mol. The van der Waals surface area contributed by atoms with Crippen LogP contribution in [0.1, 0.15) is 251 Å². The summed E-state index contributed by atoms with van der Waals surface area (Å²) in [5.74, 6) is -0.698. The summed E-state index contributed by atoms with van der Waals surface area (Å²) in [4.78, 5) is 23.5. The number of carbonyl (C=O) groups is 2. The van der Waals surface area contributed by atoms with Crippen molar-refractivity contribution in [3.05, 3.63) is 24.3 Å². The van der Waals surface area contributed by atoms with Crippen molar-refractivity contribution in [2.75, 3.05) is 0 Å². The SMILES string of the molecule is CCCCC/C=C\C/C=C\CCCCCCCCCC(=O)OC(CCCCCCCCCCCCCCCCC)CCCCCCCC(=O)O. The van der Waals surface area contributed by atoms with Gasteiger partial charge in [-0.15, -0.1) is 0 Å². The van der Waals surface area contributed by atoms with Gasteiger partial charge in [0, 0.05) is 12.8 Å². The van der Waals surface area contributed by atoms with E-state index in [4.69, 9.17) is 9.84 Å². The first-order valence-electron chi connectivity index (χ1n) is 22.3. The number of carboxylic acids is 1. The van der Waals surface area contributed by atoms with E-state index in [1.165, 1.54) is 154 Å². The van der Waals surface area contributed by atoms with E-state index in [9.17, 15) is 9.59 Å². The molecule has 294 valence electrons. The van der Waals surface area contributed by atoms with E-state index in [-0.39, 0.29) is 18.5 Å². The van der Waals surface area contributed by atoms with Crippen LogP contribution in [-0.4, -0.2) is 23.1 Å². The van der Waals surface area contributed by atoms with Crippen LogP contribution in [0.3, 0.4) is 0 Å². The number of hydrogen-bond acceptors (Lipinski definition) is 3. The molecule has 0 fully saturated rings. The highest BCUT2D eigenvalue weighted by Gasteiger charge is 2.14. The van der Waals surface area contributed by atoms with Crippen LogP contribution >= 0.6 is 0 Å². The Morgan fingerprint density at radius 2 is 0.780 bits per heavy atom. The predicted molar refractivity (Wildman–Crippen MR) is 218 cm³/mol. The molecule has 0 aromatic heterocycles. The summed E-state index contributed by atoms with van der Waals surface area (Å²) in [5.41, 5.74) is 0. The van der Waals surface area contributed by atoms with Gasteiger partial charge < -0.3 is 9.84 Å². The average molecular weight is 703 g/mol. The fourth-order valence-corrected chi connectivity index (χ4v) is 6.86. The van der Waals surface area contributed by atoms with E-state index >= 15 is 0 Å². The highest BCUT2D eigenvalue weighted by molar-refractivity contribution is 5.69. The van der Waals surface area contributed by atoms with Gasteiger partial charge in [0.25, 0.3) is 0 Å². The van der Waals surface area contributed by atoms with Gasteiger partial charge in [0.05, 0.1) is 0 Å². The second-order valence-electron chi connectivity index (χ2n) is 15.2. The monoisotopic (exact) mass is 703 g/mol. The van der Waals surface area contributed by atoms with Gasteiger partial charge >= 0.3 is 11.9 Å². The van der Waals surface area contributed by atoms with Gasteiger partial charge in [-0.3, -0.25) is 9.59 Å². The van der Waals surface area contributed by atoms with Gasteiger partial charge in [-0.25, -0.2) is 0 Å². The van der Waals surface area contributed by atoms with Crippen LogP contribution in [0.4, 0.5) is 0 Å². The Bertz CT molecular complexity index is 757. The maximum atomic E-state index is 12.7. The molecule has 0 radical (unpaired) electrons. The van der Waals surface area contributed by atoms with E-state index < -0.39 is 5.97 Å². The third-order valence-electron chi connectivity index (χ3n) is 10.2. The summed E-state index contributed by atoms with van der Waals surface area (Å²) in [5, 5.41) is 8.84. The van der Waals surface area contributed by atoms with Crippen molar-refractivity contribution < 1.29 is 19.4 Å². The van der Waals surface area contributed by atoms with Crippen molar-refractivity contribution in [2.45, 2.75) is 258 Å². The number of carboxylic acid groups (broad SMARTS) is 1. The number of unbranched alkanes of at least 4 members (excludes halogenated alkanes) is 28. The minimum atomic E-state index is -0.698. The van der Waals surface area contributed by atoms with Crippen LogP contribution < -0.4 is 0 Å². The fraction of sp³-hybridized carbons (Fsp3) is 0.870. The minimum Gasteiger partial charge on any atom is -0.481 e. The zero-order valence-electron chi connectivity index (χ0n) is 33.7. The highest BCUT2D eigenvalue weighted by Crippen LogP contribution is 2.19. The molecule has 1 unspecified atom stereocenters. The molecule has 4 heteroatoms. The molecule has 0 saturated heterocycles. The first-order chi connectivity index (χ1) is 24.6. The van der Waals surface area contributed by atoms with Gasteiger partial charge in [-0.2, -0.15) is 0 Å². The van der Waals surface area contributed by atoms with Crippen molar-refractivity contribution in [2.24, 2.45) is 0 Å². The third-order valence-corrected chi connectivity index (χ3v) is 10.2. The quantitative estimate of drug-likeness (QED) is 0.0391. The summed E-state index contributed by atoms with van der Waals surface area (Å²) in [6, 6.07) is 0. The summed E-state index contributed by atoms with van der Waals surface area (Å²) in [6.07, 6.45) is 53.5. The van der Waals surface area contributed by atoms with Crippen LogP contribution in [0.5, 0.6) is 0 Å². The Morgan fingerprint density at radius 3 is 1.22 bits per heavy atom. The van der Waals surface area contributed by atoms with Crippen molar-refractivity contribution in [3.8, 4) is 0 Å². The number of hydrogen-bond donors (Lipinski definition) is 1. The topological polar surface area (TPSA) is 63.6 Å². The molecule has 1 atom stereocenters. The first kappa shape index (κ1) is 48.4. The average Bonchev–Trinajstić information content (AvgIpc) is 3.10. The molecule has 0 aliphatic heterocycles. The lowest BCUT2D eigenvalue weighted by molar-refractivity contribution is -0.150. The lowest BCUT2D eigenvalue weighted by Crippen LogP contribution is -2.18. The maximum Gasteiger partial charge on any atom is 0.306 e. The molecule has 0 aliphatic rings. The normalized spacial score (nSPS) is 12.4. The molecule has 0 aliphatic carbocycles. The Morgan fingerprint density at radius 1 is 0.440 bits per heavy atom. The van der Waals surface area contributed by atoms with Gasteiger partial charge in [-0.05, 0) is 70.6 Å². The van der Waals surface area contributed by atoms with E-state index in [0.29, 0.717) is 6.42 Å². The number of allylic oxidation sites excluding steroid dienone is 4. The van der Waals surface area contributed by atoms with Gasteiger partial charge in [0.2, 0.25) is 0 Å². The number of carbonyl (C=O) groups excluding carboxylic acids is 1. The van der Waals surface area contributed by atoms with Crippen molar-refractivity contribution >= 4 is 11.9 Å². The van der Waals surface area contributed by atoms with E-state index in [1.54, 1.807) is 0 Å². The van der Waals surface area contributed by atoms with Crippen molar-refractivity contribution in [3.63, 3.8) is 0 Å². The number of rotatable bonds is 41. The lowest BCUT2D eigenvalue weighted by Gasteiger charge is -2.18. The van der Waals surface area contributed by atoms with Crippen LogP contribution in [0.25, 0.3) is 0 Å². The van der Waals surface area contributed by atoms with E-state index in [0.717, 1.165) is 70.6 Å². The van der Waals surface area contributed by atoms with Crippen molar-refractivity contribution in [1.82, 2.24) is 0 Å². The Labute approximate surface area is 312 Å². The fourth-order valence-electron chi connectivity index (χ4n) is 6.86. The number of esters is 1. The Hall–Kier alpha value is -1.58. The standard InChI is InChI=1S/C46H86O4/c1-3-5-7-9-11-13-15-17-19-20-22-24-26-28-30-35-39-43-46(49)50-44(41-37-33-31-34-38-42-45(47)48)40-36-32-29-27-25-23-21-18-16-14-12-10-8-6-4-2/h11,13,17,19,44H,3-10,12,14-16,18,20-43H2,1-2H3,(H,47,48)/b13-11-,19-17-. The summed E-state index contributed by atoms with van der Waals surface area (Å²) in [7, 11) is 0. The van der Waals surface area contributed by atoms with Crippen LogP contribution in [0.2, 0.25) is 0 Å². The molecule has 0 rings (SSSR count). The van der Waals surface area contributed by atoms with E-state index in [1.807, 2.05) is 0 Å². The minimum absolute atomic E-state index is 0.00000838. The molecule has 0 aromatic carbocycles. The molecule has 0 amide bonds. The maximum absolute atomic E-state index is 12.7. The summed E-state index contributed by atoms with van der Waals surface area (Å²) in [6.45, 7) is 4.54. The second kappa shape index (κ2) is 41.8. The molecule has 50 heavy (non-hydrogen) atoms. The Balaban J connectivity index is 4.00. The molecule has 0 heterocycles. The zero-order valence-corrected chi connectivity index (χ0v) is 33.7. The first-order valence-corrected chi connectivity index (χ1v) is 22.3. The Kier molecular flexibility index (Phi) is 40.5. The highest BCUT2D eigenvalue weighted by atomic mass is 16.5. The van der Waals surface area contributed by atoms with Gasteiger partial charge in [-0.1, -0.05) is 192 Å². The molecule has 0 bridgehead atoms. The molecule has 1 N–H and O–H groups in total. The van der Waals surface area contributed by atoms with Crippen LogP contribution in [-0.2, 0) is 14.3 Å². The number of ether oxygens (including phenoxy) is 1. The van der Waals surface area contributed by atoms with Gasteiger partial charge in [0.1, 0.15) is 6.10 Å². The smallest absolute Gasteiger partial charge is 0.306 e. The van der Waals surface area contributed by atoms with Crippen molar-refractivity contribution in [1.29, 1.82) is 0 Å². The molecular formula is C46H86O4. The molecule has 0 saturated carbocycles. The third kappa shape index (κ3) is 40.8. The van der Waals surface area contributed by atoms with Gasteiger partial charge in [0.15, 0.2) is 0 Å². The second-order valence-corrected chi connectivity index (χ2v) is 15.2. The lowest BCUT2D eigenvalue weighted by atomic mass is 10.0. The molecule has 4 nitrogen and oxygen atoms in total.